The van der Waals surface area contributed by atoms with Gasteiger partial charge < -0.3 is 24.5 Å². The maximum Gasteiger partial charge on any atom is 0.290 e. The standard InChI is InChI=1S/C31H38N4O3S.CH2O2/c1-31(2)19-24-27(30(35-13-15-38-16-14-35)39-28(24)26(36)20-31)22-9-10-32-25(18-22)21-7-6-8-23(17-21)29(37)34(5)12-11-33(3)4;2-1-3/h6-10,17-18H,11-16,19-20H2,1-5H3;1H,(H,2,3). The van der Waals surface area contributed by atoms with Crippen molar-refractivity contribution in [3.8, 4) is 22.4 Å². The predicted molar refractivity (Wildman–Crippen MR) is 167 cm³/mol. The van der Waals surface area contributed by atoms with Crippen LogP contribution in [0.4, 0.5) is 5.00 Å². The lowest BCUT2D eigenvalue weighted by molar-refractivity contribution is -0.122. The molecule has 9 nitrogen and oxygen atoms in total. The monoisotopic (exact) mass is 592 g/mol. The number of hydrogen-bond acceptors (Lipinski definition) is 8. The summed E-state index contributed by atoms with van der Waals surface area (Å²) in [6, 6.07) is 11.9. The third-order valence-electron chi connectivity index (χ3n) is 7.52. The zero-order chi connectivity index (χ0) is 30.4. The minimum Gasteiger partial charge on any atom is -0.483 e. The van der Waals surface area contributed by atoms with Gasteiger partial charge in [0.2, 0.25) is 0 Å². The van der Waals surface area contributed by atoms with Crippen molar-refractivity contribution in [2.24, 2.45) is 5.41 Å². The lowest BCUT2D eigenvalue weighted by Gasteiger charge is -2.30. The van der Waals surface area contributed by atoms with Gasteiger partial charge in [-0.2, -0.15) is 0 Å². The fraction of sp³-hybridized carbons (Fsp3) is 0.438. The Morgan fingerprint density at radius 3 is 2.50 bits per heavy atom. The number of amides is 1. The molecule has 2 aliphatic rings. The second-order valence-corrected chi connectivity index (χ2v) is 12.8. The average Bonchev–Trinajstić information content (AvgIpc) is 3.35. The summed E-state index contributed by atoms with van der Waals surface area (Å²) >= 11 is 1.64. The van der Waals surface area contributed by atoms with Gasteiger partial charge in [-0.15, -0.1) is 11.3 Å². The number of hydrogen-bond donors (Lipinski definition) is 1. The van der Waals surface area contributed by atoms with Gasteiger partial charge in [0.1, 0.15) is 0 Å². The second-order valence-electron chi connectivity index (χ2n) is 11.8. The van der Waals surface area contributed by atoms with Crippen molar-refractivity contribution >= 4 is 34.5 Å². The van der Waals surface area contributed by atoms with E-state index < -0.39 is 0 Å². The van der Waals surface area contributed by atoms with E-state index in [1.54, 1.807) is 16.2 Å². The number of benzene rings is 1. The number of Topliss-reactive ketones (excluding diaryl/α,β-unsaturated/α-hetero) is 1. The van der Waals surface area contributed by atoms with Crippen LogP contribution in [0, 0.1) is 5.41 Å². The molecule has 1 saturated heterocycles. The van der Waals surface area contributed by atoms with Crippen LogP contribution in [0.2, 0.25) is 0 Å². The summed E-state index contributed by atoms with van der Waals surface area (Å²) in [7, 11) is 5.85. The van der Waals surface area contributed by atoms with E-state index >= 15 is 0 Å². The highest BCUT2D eigenvalue weighted by Gasteiger charge is 2.37. The molecule has 1 aromatic carbocycles. The number of carbonyl (C=O) groups is 3. The van der Waals surface area contributed by atoms with Crippen LogP contribution in [0.25, 0.3) is 22.4 Å². The Kier molecular flexibility index (Phi) is 10.1. The summed E-state index contributed by atoms with van der Waals surface area (Å²) in [4.78, 5) is 46.5. The van der Waals surface area contributed by atoms with Crippen molar-refractivity contribution < 1.29 is 24.2 Å². The average molecular weight is 593 g/mol. The molecule has 1 aliphatic heterocycles. The summed E-state index contributed by atoms with van der Waals surface area (Å²) in [6.07, 6.45) is 3.28. The van der Waals surface area contributed by atoms with E-state index in [-0.39, 0.29) is 23.6 Å². The highest BCUT2D eigenvalue weighted by molar-refractivity contribution is 7.19. The fourth-order valence-electron chi connectivity index (χ4n) is 5.42. The van der Waals surface area contributed by atoms with Crippen molar-refractivity contribution in [1.29, 1.82) is 0 Å². The first-order valence-electron chi connectivity index (χ1n) is 14.1. The Bertz CT molecular complexity index is 1430. The van der Waals surface area contributed by atoms with Crippen LogP contribution in [0.1, 0.15) is 45.9 Å². The Balaban J connectivity index is 0.00000129. The number of ketones is 1. The van der Waals surface area contributed by atoms with E-state index in [9.17, 15) is 9.59 Å². The van der Waals surface area contributed by atoms with Gasteiger partial charge in [0.05, 0.1) is 28.8 Å². The highest BCUT2D eigenvalue weighted by Crippen LogP contribution is 2.49. The predicted octanol–water partition coefficient (Wildman–Crippen LogP) is 4.80. The third-order valence-corrected chi connectivity index (χ3v) is 8.85. The van der Waals surface area contributed by atoms with Gasteiger partial charge in [-0.3, -0.25) is 19.4 Å². The largest absolute Gasteiger partial charge is 0.483 e. The maximum atomic E-state index is 13.2. The Labute approximate surface area is 251 Å². The lowest BCUT2D eigenvalue weighted by atomic mass is 9.75. The van der Waals surface area contributed by atoms with Gasteiger partial charge in [0.15, 0.2) is 5.78 Å². The Morgan fingerprint density at radius 2 is 1.81 bits per heavy atom. The van der Waals surface area contributed by atoms with E-state index in [4.69, 9.17) is 19.6 Å². The summed E-state index contributed by atoms with van der Waals surface area (Å²) in [6.45, 7) is 8.58. The number of carboxylic acid groups (broad SMARTS) is 1. The van der Waals surface area contributed by atoms with Crippen LogP contribution in [-0.4, -0.2) is 98.6 Å². The topological polar surface area (TPSA) is 103 Å². The molecule has 224 valence electrons. The highest BCUT2D eigenvalue weighted by atomic mass is 32.1. The smallest absolute Gasteiger partial charge is 0.290 e. The maximum absolute atomic E-state index is 13.2. The van der Waals surface area contributed by atoms with Gasteiger partial charge in [-0.05, 0) is 61.3 Å². The summed E-state index contributed by atoms with van der Waals surface area (Å²) in [5, 5.41) is 8.04. The molecule has 0 atom stereocenters. The van der Waals surface area contributed by atoms with Crippen molar-refractivity contribution in [3.63, 3.8) is 0 Å². The van der Waals surface area contributed by atoms with Crippen LogP contribution in [0.5, 0.6) is 0 Å². The molecule has 5 rings (SSSR count). The van der Waals surface area contributed by atoms with Crippen molar-refractivity contribution in [3.05, 3.63) is 58.6 Å². The number of fused-ring (bicyclic) bond motifs is 1. The second kappa shape index (κ2) is 13.6. The molecule has 0 bridgehead atoms. The molecule has 3 heterocycles. The van der Waals surface area contributed by atoms with Gasteiger partial charge in [0.25, 0.3) is 12.4 Å². The van der Waals surface area contributed by atoms with Crippen LogP contribution in [0.15, 0.2) is 42.6 Å². The molecule has 0 spiro atoms. The number of morpholine rings is 1. The Hall–Kier alpha value is -3.60. The molecule has 1 amide bonds. The minimum atomic E-state index is -0.250. The zero-order valence-corrected chi connectivity index (χ0v) is 25.9. The molecule has 1 N–H and O–H groups in total. The van der Waals surface area contributed by atoms with E-state index in [2.05, 4.69) is 29.7 Å². The molecular weight excluding hydrogens is 552 g/mol. The van der Waals surface area contributed by atoms with Crippen LogP contribution in [0.3, 0.4) is 0 Å². The number of thiophene rings is 1. The zero-order valence-electron chi connectivity index (χ0n) is 25.1. The van der Waals surface area contributed by atoms with Crippen molar-refractivity contribution in [1.82, 2.24) is 14.8 Å². The number of carbonyl (C=O) groups excluding carboxylic acids is 2. The van der Waals surface area contributed by atoms with E-state index in [1.807, 2.05) is 57.7 Å². The summed E-state index contributed by atoms with van der Waals surface area (Å²) in [5.74, 6) is 0.239. The number of anilines is 1. The number of pyridine rings is 1. The van der Waals surface area contributed by atoms with Crippen molar-refractivity contribution in [2.75, 3.05) is 65.4 Å². The molecule has 0 unspecified atom stereocenters. The minimum absolute atomic E-state index is 0.00268. The van der Waals surface area contributed by atoms with E-state index in [0.29, 0.717) is 31.7 Å². The molecule has 42 heavy (non-hydrogen) atoms. The SMILES string of the molecule is CN(C)CCN(C)C(=O)c1cccc(-c2cc(-c3c(N4CCOCC4)sc4c3CC(C)(C)CC4=O)ccn2)c1.O=CO. The van der Waals surface area contributed by atoms with Gasteiger partial charge in [-0.1, -0.05) is 26.0 Å². The van der Waals surface area contributed by atoms with E-state index in [1.165, 1.54) is 0 Å². The molecule has 0 radical (unpaired) electrons. The third kappa shape index (κ3) is 7.24. The molecule has 0 saturated carbocycles. The number of ether oxygens (including phenoxy) is 1. The quantitative estimate of drug-likeness (QED) is 0.390. The van der Waals surface area contributed by atoms with Crippen LogP contribution in [-0.2, 0) is 16.0 Å². The fourth-order valence-corrected chi connectivity index (χ4v) is 6.75. The summed E-state index contributed by atoms with van der Waals surface area (Å²) < 4.78 is 5.63. The lowest BCUT2D eigenvalue weighted by Crippen LogP contribution is -2.36. The molecule has 1 fully saturated rings. The number of aromatic nitrogens is 1. The molecule has 3 aromatic rings. The number of nitrogens with zero attached hydrogens (tertiary/aromatic N) is 4. The molecular formula is C32H40N4O5S. The Morgan fingerprint density at radius 1 is 1.10 bits per heavy atom. The normalized spacial score (nSPS) is 16.0. The first kappa shape index (κ1) is 31.3. The van der Waals surface area contributed by atoms with Gasteiger partial charge in [-0.25, -0.2) is 0 Å². The van der Waals surface area contributed by atoms with E-state index in [0.717, 1.165) is 63.9 Å². The van der Waals surface area contributed by atoms with Crippen molar-refractivity contribution in [2.45, 2.75) is 26.7 Å². The molecule has 1 aliphatic carbocycles. The number of likely N-dealkylation sites (N-methyl/N-ethyl adjacent to an activating group) is 2. The molecule has 2 aromatic heterocycles. The van der Waals surface area contributed by atoms with Crippen LogP contribution < -0.4 is 4.90 Å². The number of rotatable bonds is 7. The molecule has 10 heteroatoms. The first-order valence-corrected chi connectivity index (χ1v) is 14.9. The van der Waals surface area contributed by atoms with Crippen LogP contribution >= 0.6 is 11.3 Å². The first-order chi connectivity index (χ1) is 20.0. The van der Waals surface area contributed by atoms with Gasteiger partial charge in [0, 0.05) is 62.5 Å². The van der Waals surface area contributed by atoms with Gasteiger partial charge >= 0.3 is 0 Å². The summed E-state index contributed by atoms with van der Waals surface area (Å²) in [5.41, 5.74) is 5.65.